The molecule has 1 N–H and O–H groups in total. The third-order valence-corrected chi connectivity index (χ3v) is 4.39. The van der Waals surface area contributed by atoms with Crippen molar-refractivity contribution in [1.29, 1.82) is 0 Å². The first-order valence-electron chi connectivity index (χ1n) is 7.47. The van der Waals surface area contributed by atoms with Crippen LogP contribution in [-0.4, -0.2) is 35.9 Å². The molecule has 0 aliphatic carbocycles. The summed E-state index contributed by atoms with van der Waals surface area (Å²) in [5.74, 6) is -0.428. The number of anilines is 1. The molecule has 0 fully saturated rings. The molecule has 1 aromatic heterocycles. The zero-order valence-electron chi connectivity index (χ0n) is 13.8. The van der Waals surface area contributed by atoms with Crippen LogP contribution in [0.4, 0.5) is 10.2 Å². The summed E-state index contributed by atoms with van der Waals surface area (Å²) in [7, 11) is -1.20. The van der Waals surface area contributed by atoms with Crippen LogP contribution in [0.1, 0.15) is 18.6 Å². The van der Waals surface area contributed by atoms with E-state index >= 15 is 0 Å². The van der Waals surface area contributed by atoms with E-state index in [1.807, 2.05) is 0 Å². The van der Waals surface area contributed by atoms with E-state index in [1.54, 1.807) is 6.92 Å². The van der Waals surface area contributed by atoms with Crippen molar-refractivity contribution in [3.63, 3.8) is 0 Å². The van der Waals surface area contributed by atoms with Gasteiger partial charge in [-0.2, -0.15) is 0 Å². The molecular weight excluding hydrogens is 405 g/mol. The van der Waals surface area contributed by atoms with Gasteiger partial charge >= 0.3 is 14.5 Å². The van der Waals surface area contributed by atoms with Crippen molar-refractivity contribution in [2.75, 3.05) is 4.72 Å². The van der Waals surface area contributed by atoms with Crippen LogP contribution in [0.5, 0.6) is 5.75 Å². The molecule has 1 heterocycles. The molecule has 0 amide bonds. The molecule has 6 nitrogen and oxygen atoms in total. The lowest BCUT2D eigenvalue weighted by molar-refractivity contribution is 0.226. The van der Waals surface area contributed by atoms with Gasteiger partial charge in [0.2, 0.25) is 0 Å². The van der Waals surface area contributed by atoms with Gasteiger partial charge in [0.15, 0.2) is 16.7 Å². The van der Waals surface area contributed by atoms with E-state index < -0.39 is 19.0 Å². The largest absolute Gasteiger partial charge is 0.482 e. The predicted molar refractivity (Wildman–Crippen MR) is 103 cm³/mol. The maximum absolute atomic E-state index is 13.8. The Labute approximate surface area is 165 Å². The Morgan fingerprint density at radius 3 is 2.69 bits per heavy atom. The lowest BCUT2D eigenvalue weighted by Gasteiger charge is -2.26. The summed E-state index contributed by atoms with van der Waals surface area (Å²) in [6, 6.07) is 3.88. The van der Waals surface area contributed by atoms with E-state index in [0.717, 1.165) is 6.07 Å². The highest BCUT2D eigenvalue weighted by Crippen LogP contribution is 2.37. The summed E-state index contributed by atoms with van der Waals surface area (Å²) in [5, 5.41) is 17.6. The van der Waals surface area contributed by atoms with E-state index in [2.05, 4.69) is 10.2 Å². The van der Waals surface area contributed by atoms with Gasteiger partial charge in [0.05, 0.1) is 5.02 Å². The third kappa shape index (κ3) is 4.59. The number of carbonyl (C=O) groups is 1. The quantitative estimate of drug-likeness (QED) is 0.423. The molecule has 26 heavy (non-hydrogen) atoms. The molecule has 0 aliphatic heterocycles. The number of nitrogens with zero attached hydrogens (tertiary/aromatic N) is 3. The Morgan fingerprint density at radius 2 is 2.08 bits per heavy atom. The minimum absolute atomic E-state index is 0.0315. The van der Waals surface area contributed by atoms with E-state index in [4.69, 9.17) is 39.5 Å². The molecule has 12 heteroatoms. The van der Waals surface area contributed by atoms with Gasteiger partial charge in [0.25, 0.3) is 0 Å². The van der Waals surface area contributed by atoms with Gasteiger partial charge in [-0.3, -0.25) is 0 Å². The predicted octanol–water partition coefficient (Wildman–Crippen LogP) is 3.17. The van der Waals surface area contributed by atoms with Crippen LogP contribution >= 0.6 is 34.8 Å². The summed E-state index contributed by atoms with van der Waals surface area (Å²) in [4.78, 5) is 10.9. The first-order chi connectivity index (χ1) is 12.3. The lowest BCUT2D eigenvalue weighted by Crippen LogP contribution is -2.42. The van der Waals surface area contributed by atoms with Crippen molar-refractivity contribution in [1.82, 2.24) is 10.2 Å². The summed E-state index contributed by atoms with van der Waals surface area (Å²) in [6.45, 7) is 3.06. The zero-order chi connectivity index (χ0) is 19.4. The molecule has 2 aromatic rings. The normalized spacial score (nSPS) is 11.7. The van der Waals surface area contributed by atoms with Gasteiger partial charge in [-0.05, 0) is 25.9 Å². The number of rotatable bonds is 7. The SMILES string of the molecule is CB(O)N(BC=O)c1nnc(Cl)cc1O[C@H](C)c1c(Cl)ccc(F)c1Cl. The Bertz CT molecular complexity index is 816. The first kappa shape index (κ1) is 20.8. The fraction of sp³-hybridized carbons (Fsp3) is 0.214. The monoisotopic (exact) mass is 417 g/mol. The standard InChI is InChI=1S/C14H13B2Cl3FN3O3/c1-7(12-8(17)3-4-9(20)13(12)19)26-10-5-11(18)21-22-14(10)23(15-6-24)16(2)25/h3-7,15,25H,1-2H3/t7-/m1/s1. The number of hydrogen-bond acceptors (Lipinski definition) is 6. The lowest BCUT2D eigenvalue weighted by atomic mass is 9.74. The minimum atomic E-state index is -1.05. The maximum Gasteiger partial charge on any atom is 0.397 e. The van der Waals surface area contributed by atoms with Gasteiger partial charge in [-0.25, -0.2) is 4.39 Å². The molecule has 2 rings (SSSR count). The zero-order valence-corrected chi connectivity index (χ0v) is 16.1. The van der Waals surface area contributed by atoms with E-state index in [9.17, 15) is 14.2 Å². The number of aromatic nitrogens is 2. The first-order valence-corrected chi connectivity index (χ1v) is 8.61. The van der Waals surface area contributed by atoms with Crippen LogP contribution in [0.25, 0.3) is 0 Å². The number of ether oxygens (including phenoxy) is 1. The van der Waals surface area contributed by atoms with Crippen LogP contribution < -0.4 is 9.46 Å². The topological polar surface area (TPSA) is 75.5 Å². The molecule has 0 spiro atoms. The summed E-state index contributed by atoms with van der Waals surface area (Å²) < 4.78 is 20.8. The molecule has 1 aromatic carbocycles. The van der Waals surface area contributed by atoms with E-state index in [0.29, 0.717) is 6.19 Å². The molecule has 0 bridgehead atoms. The van der Waals surface area contributed by atoms with Crippen molar-refractivity contribution in [2.24, 2.45) is 0 Å². The van der Waals surface area contributed by atoms with E-state index in [1.165, 1.54) is 23.7 Å². The minimum Gasteiger partial charge on any atom is -0.482 e. The molecule has 136 valence electrons. The molecule has 0 radical (unpaired) electrons. The fourth-order valence-corrected chi connectivity index (χ4v) is 3.11. The number of carbonyl (C=O) groups excluding carboxylic acids is 1. The van der Waals surface area contributed by atoms with Gasteiger partial charge < -0.3 is 19.3 Å². The second kappa shape index (κ2) is 8.90. The van der Waals surface area contributed by atoms with Gasteiger partial charge in [-0.15, -0.1) is 10.2 Å². The fourth-order valence-electron chi connectivity index (χ4n) is 2.29. The summed E-state index contributed by atoms with van der Waals surface area (Å²) in [5.41, 5.74) is 0.242. The second-order valence-electron chi connectivity index (χ2n) is 5.32. The Hall–Kier alpha value is -1.54. The van der Waals surface area contributed by atoms with Crippen LogP contribution in [0, 0.1) is 5.82 Å². The van der Waals surface area contributed by atoms with Crippen LogP contribution in [-0.2, 0) is 4.79 Å². The highest BCUT2D eigenvalue weighted by molar-refractivity contribution is 6.82. The Kier molecular flexibility index (Phi) is 7.11. The summed E-state index contributed by atoms with van der Waals surface area (Å²) in [6.07, 6.45) is -0.187. The van der Waals surface area contributed by atoms with E-state index in [-0.39, 0.29) is 39.7 Å². The van der Waals surface area contributed by atoms with Crippen molar-refractivity contribution < 1.29 is 18.9 Å². The Balaban J connectivity index is 2.45. The average molecular weight is 418 g/mol. The smallest absolute Gasteiger partial charge is 0.397 e. The number of halogens is 4. The highest BCUT2D eigenvalue weighted by atomic mass is 35.5. The number of hydrogen-bond donors (Lipinski definition) is 1. The highest BCUT2D eigenvalue weighted by Gasteiger charge is 2.26. The van der Waals surface area contributed by atoms with Crippen molar-refractivity contribution in [3.05, 3.63) is 44.8 Å². The van der Waals surface area contributed by atoms with Crippen LogP contribution in [0.3, 0.4) is 0 Å². The van der Waals surface area contributed by atoms with Crippen molar-refractivity contribution >= 4 is 61.3 Å². The molecule has 1 atom stereocenters. The van der Waals surface area contributed by atoms with Gasteiger partial charge in [0.1, 0.15) is 18.1 Å². The molecule has 0 saturated carbocycles. The average Bonchev–Trinajstić information content (AvgIpc) is 2.57. The molecule has 0 unspecified atom stereocenters. The van der Waals surface area contributed by atoms with Gasteiger partial charge in [-0.1, -0.05) is 34.8 Å². The molecular formula is C14H13B2Cl3FN3O3. The number of benzene rings is 1. The Morgan fingerprint density at radius 1 is 1.38 bits per heavy atom. The van der Waals surface area contributed by atoms with Gasteiger partial charge in [0, 0.05) is 16.7 Å². The van der Waals surface area contributed by atoms with Crippen molar-refractivity contribution in [3.8, 4) is 5.75 Å². The second-order valence-corrected chi connectivity index (χ2v) is 6.50. The molecule has 0 saturated heterocycles. The van der Waals surface area contributed by atoms with Crippen molar-refractivity contribution in [2.45, 2.75) is 19.9 Å². The van der Waals surface area contributed by atoms with Crippen LogP contribution in [0.15, 0.2) is 18.2 Å². The van der Waals surface area contributed by atoms with Crippen LogP contribution in [0.2, 0.25) is 22.0 Å². The third-order valence-electron chi connectivity index (χ3n) is 3.49. The molecule has 0 aliphatic rings. The maximum atomic E-state index is 13.8. The summed E-state index contributed by atoms with van der Waals surface area (Å²) >= 11 is 18.0.